The fourth-order valence-corrected chi connectivity index (χ4v) is 3.04. The van der Waals surface area contributed by atoms with E-state index in [-0.39, 0.29) is 35.5 Å². The van der Waals surface area contributed by atoms with Gasteiger partial charge in [-0.3, -0.25) is 14.4 Å². The van der Waals surface area contributed by atoms with Gasteiger partial charge in [-0.1, -0.05) is 27.7 Å². The molecule has 144 valence electrons. The average molecular weight is 354 g/mol. The van der Waals surface area contributed by atoms with E-state index in [0.29, 0.717) is 32.6 Å². The van der Waals surface area contributed by atoms with Gasteiger partial charge in [-0.05, 0) is 24.7 Å². The van der Waals surface area contributed by atoms with E-state index >= 15 is 0 Å². The summed E-state index contributed by atoms with van der Waals surface area (Å²) in [5.41, 5.74) is 5.42. The molecule has 4 N–H and O–H groups in total. The number of nitrogens with one attached hydrogen (secondary N) is 2. The topological polar surface area (TPSA) is 105 Å². The van der Waals surface area contributed by atoms with Crippen molar-refractivity contribution in [2.45, 2.75) is 53.0 Å². The third-order valence-corrected chi connectivity index (χ3v) is 4.39. The Morgan fingerprint density at radius 3 is 2.44 bits per heavy atom. The predicted molar refractivity (Wildman–Crippen MR) is 97.6 cm³/mol. The molecule has 1 rings (SSSR count). The lowest BCUT2D eigenvalue weighted by molar-refractivity contribution is -0.141. The van der Waals surface area contributed by atoms with Crippen LogP contribution in [0.25, 0.3) is 0 Å². The van der Waals surface area contributed by atoms with Crippen molar-refractivity contribution in [3.05, 3.63) is 0 Å². The summed E-state index contributed by atoms with van der Waals surface area (Å²) in [5, 5.41) is 5.67. The van der Waals surface area contributed by atoms with Crippen molar-refractivity contribution in [3.63, 3.8) is 0 Å². The molecule has 0 aromatic heterocycles. The Hall–Kier alpha value is -1.63. The van der Waals surface area contributed by atoms with Crippen LogP contribution >= 0.6 is 0 Å². The third-order valence-electron chi connectivity index (χ3n) is 4.39. The van der Waals surface area contributed by atoms with Crippen molar-refractivity contribution in [1.82, 2.24) is 15.5 Å². The molecule has 0 spiro atoms. The second-order valence-corrected chi connectivity index (χ2v) is 7.59. The van der Waals surface area contributed by atoms with Crippen LogP contribution in [-0.4, -0.2) is 54.8 Å². The molecule has 0 aliphatic carbocycles. The van der Waals surface area contributed by atoms with Crippen molar-refractivity contribution in [2.24, 2.45) is 23.5 Å². The molecule has 0 radical (unpaired) electrons. The molecule has 0 bridgehead atoms. The summed E-state index contributed by atoms with van der Waals surface area (Å²) >= 11 is 0. The van der Waals surface area contributed by atoms with Gasteiger partial charge in [0.1, 0.15) is 6.04 Å². The van der Waals surface area contributed by atoms with E-state index in [1.165, 1.54) is 0 Å². The summed E-state index contributed by atoms with van der Waals surface area (Å²) in [6.07, 6.45) is 1.96. The largest absolute Gasteiger partial charge is 0.355 e. The Labute approximate surface area is 151 Å². The van der Waals surface area contributed by atoms with E-state index in [9.17, 15) is 14.4 Å². The van der Waals surface area contributed by atoms with Crippen LogP contribution < -0.4 is 16.4 Å². The fraction of sp³-hybridized carbons (Fsp3) is 0.833. The van der Waals surface area contributed by atoms with Gasteiger partial charge < -0.3 is 21.3 Å². The van der Waals surface area contributed by atoms with Crippen LogP contribution in [-0.2, 0) is 14.4 Å². The molecule has 0 aromatic carbocycles. The predicted octanol–water partition coefficient (Wildman–Crippen LogP) is 0.487. The van der Waals surface area contributed by atoms with Gasteiger partial charge in [-0.15, -0.1) is 0 Å². The zero-order valence-electron chi connectivity index (χ0n) is 16.0. The molecule has 25 heavy (non-hydrogen) atoms. The monoisotopic (exact) mass is 354 g/mol. The summed E-state index contributed by atoms with van der Waals surface area (Å²) < 4.78 is 0. The van der Waals surface area contributed by atoms with Crippen LogP contribution in [0.4, 0.5) is 0 Å². The highest BCUT2D eigenvalue weighted by atomic mass is 16.2. The molecule has 3 amide bonds. The smallest absolute Gasteiger partial charge is 0.245 e. The van der Waals surface area contributed by atoms with Crippen LogP contribution in [0.2, 0.25) is 0 Å². The van der Waals surface area contributed by atoms with Gasteiger partial charge in [0.05, 0.1) is 5.92 Å². The van der Waals surface area contributed by atoms with E-state index < -0.39 is 6.04 Å². The standard InChI is InChI=1S/C18H34N4O3/c1-12(2)10-15(23)21-16(13(3)4)18(25)22-9-5-6-14(11-22)17(24)20-8-7-19/h12-14,16H,5-11,19H2,1-4H3,(H,20,24)(H,21,23). The second-order valence-electron chi connectivity index (χ2n) is 7.59. The molecule has 7 heteroatoms. The van der Waals surface area contributed by atoms with Crippen molar-refractivity contribution < 1.29 is 14.4 Å². The van der Waals surface area contributed by atoms with Gasteiger partial charge in [-0.2, -0.15) is 0 Å². The first-order chi connectivity index (χ1) is 11.8. The zero-order valence-corrected chi connectivity index (χ0v) is 16.0. The van der Waals surface area contributed by atoms with Crippen molar-refractivity contribution >= 4 is 17.7 Å². The lowest BCUT2D eigenvalue weighted by atomic mass is 9.94. The van der Waals surface area contributed by atoms with E-state index in [1.54, 1.807) is 4.90 Å². The first kappa shape index (κ1) is 21.4. The minimum absolute atomic E-state index is 0.00458. The number of nitrogens with two attached hydrogens (primary N) is 1. The third kappa shape index (κ3) is 7.02. The van der Waals surface area contributed by atoms with Crippen LogP contribution in [0.1, 0.15) is 47.0 Å². The quantitative estimate of drug-likeness (QED) is 0.590. The van der Waals surface area contributed by atoms with Crippen molar-refractivity contribution in [1.29, 1.82) is 0 Å². The molecular formula is C18H34N4O3. The Balaban J connectivity index is 2.70. The number of piperidine rings is 1. The lowest BCUT2D eigenvalue weighted by Crippen LogP contribution is -2.55. The first-order valence-corrected chi connectivity index (χ1v) is 9.32. The van der Waals surface area contributed by atoms with Crippen LogP contribution in [0.5, 0.6) is 0 Å². The summed E-state index contributed by atoms with van der Waals surface area (Å²) in [6.45, 7) is 9.67. The van der Waals surface area contributed by atoms with E-state index in [1.807, 2.05) is 27.7 Å². The minimum Gasteiger partial charge on any atom is -0.355 e. The maximum Gasteiger partial charge on any atom is 0.245 e. The number of likely N-dealkylation sites (tertiary alicyclic amines) is 1. The Morgan fingerprint density at radius 1 is 1.20 bits per heavy atom. The van der Waals surface area contributed by atoms with E-state index in [4.69, 9.17) is 5.73 Å². The van der Waals surface area contributed by atoms with E-state index in [0.717, 1.165) is 12.8 Å². The van der Waals surface area contributed by atoms with Gasteiger partial charge in [0, 0.05) is 32.6 Å². The van der Waals surface area contributed by atoms with Gasteiger partial charge in [0.2, 0.25) is 17.7 Å². The van der Waals surface area contributed by atoms with Crippen LogP contribution in [0, 0.1) is 17.8 Å². The van der Waals surface area contributed by atoms with Crippen LogP contribution in [0.3, 0.4) is 0 Å². The van der Waals surface area contributed by atoms with Gasteiger partial charge in [-0.25, -0.2) is 0 Å². The highest BCUT2D eigenvalue weighted by Crippen LogP contribution is 2.19. The highest BCUT2D eigenvalue weighted by Gasteiger charge is 2.33. The minimum atomic E-state index is -0.544. The maximum atomic E-state index is 12.9. The summed E-state index contributed by atoms with van der Waals surface area (Å²) in [5.74, 6) is -0.209. The molecule has 1 aliphatic rings. The zero-order chi connectivity index (χ0) is 19.0. The molecule has 0 aromatic rings. The van der Waals surface area contributed by atoms with Gasteiger partial charge in [0.15, 0.2) is 0 Å². The number of carbonyl (C=O) groups excluding carboxylic acids is 3. The number of hydrogen-bond acceptors (Lipinski definition) is 4. The lowest BCUT2D eigenvalue weighted by Gasteiger charge is -2.35. The summed E-state index contributed by atoms with van der Waals surface area (Å²) in [6, 6.07) is -0.544. The van der Waals surface area contributed by atoms with Gasteiger partial charge in [0.25, 0.3) is 0 Å². The Kier molecular flexibility index (Phi) is 8.89. The highest BCUT2D eigenvalue weighted by molar-refractivity contribution is 5.88. The summed E-state index contributed by atoms with van der Waals surface area (Å²) in [4.78, 5) is 38.9. The molecule has 0 saturated carbocycles. The SMILES string of the molecule is CC(C)CC(=O)NC(C(=O)N1CCCC(C(=O)NCCN)C1)C(C)C. The molecule has 1 fully saturated rings. The number of hydrogen-bond donors (Lipinski definition) is 3. The molecule has 2 atom stereocenters. The number of nitrogens with zero attached hydrogens (tertiary/aromatic N) is 1. The average Bonchev–Trinajstić information content (AvgIpc) is 2.56. The number of amides is 3. The number of carbonyl (C=O) groups is 3. The van der Waals surface area contributed by atoms with Crippen molar-refractivity contribution in [3.8, 4) is 0 Å². The molecule has 1 aliphatic heterocycles. The fourth-order valence-electron chi connectivity index (χ4n) is 3.04. The second kappa shape index (κ2) is 10.4. The van der Waals surface area contributed by atoms with Gasteiger partial charge >= 0.3 is 0 Å². The van der Waals surface area contributed by atoms with E-state index in [2.05, 4.69) is 10.6 Å². The maximum absolute atomic E-state index is 12.9. The molecule has 1 saturated heterocycles. The first-order valence-electron chi connectivity index (χ1n) is 9.32. The van der Waals surface area contributed by atoms with Crippen LogP contribution in [0.15, 0.2) is 0 Å². The Bertz CT molecular complexity index is 465. The normalized spacial score (nSPS) is 19.0. The molecular weight excluding hydrogens is 320 g/mol. The molecule has 2 unspecified atom stereocenters. The molecule has 7 nitrogen and oxygen atoms in total. The number of rotatable bonds is 8. The Morgan fingerprint density at radius 2 is 1.88 bits per heavy atom. The summed E-state index contributed by atoms with van der Waals surface area (Å²) in [7, 11) is 0. The van der Waals surface area contributed by atoms with Crippen molar-refractivity contribution in [2.75, 3.05) is 26.2 Å². The molecule has 1 heterocycles.